The predicted molar refractivity (Wildman–Crippen MR) is 122 cm³/mol. The summed E-state index contributed by atoms with van der Waals surface area (Å²) in [5.41, 5.74) is 9.04. The Balaban J connectivity index is 1.79. The summed E-state index contributed by atoms with van der Waals surface area (Å²) in [6.07, 6.45) is -0.532. The van der Waals surface area contributed by atoms with Gasteiger partial charge in [0.2, 0.25) is 5.95 Å². The number of carbonyl (C=O) groups excluding carboxylic acids is 1. The number of benzene rings is 2. The van der Waals surface area contributed by atoms with E-state index in [1.807, 2.05) is 19.1 Å². The molecule has 0 bridgehead atoms. The first-order valence-corrected chi connectivity index (χ1v) is 9.80. The van der Waals surface area contributed by atoms with Crippen molar-refractivity contribution in [2.45, 2.75) is 13.5 Å². The maximum atomic E-state index is 11.4. The topological polar surface area (TPSA) is 127 Å². The maximum Gasteiger partial charge on any atom is 0.411 e. The molecule has 0 atom stereocenters. The van der Waals surface area contributed by atoms with Gasteiger partial charge in [0, 0.05) is 17.3 Å². The van der Waals surface area contributed by atoms with Crippen molar-refractivity contribution < 1.29 is 9.53 Å². The van der Waals surface area contributed by atoms with Gasteiger partial charge in [0.1, 0.15) is 0 Å². The zero-order valence-corrected chi connectivity index (χ0v) is 18.2. The minimum absolute atomic E-state index is 0.00625. The molecule has 0 aliphatic heterocycles. The summed E-state index contributed by atoms with van der Waals surface area (Å²) in [6.45, 7) is 2.27. The molecular formula is C20H19Cl2N7O2. The van der Waals surface area contributed by atoms with Crippen LogP contribution in [0.15, 0.2) is 52.7 Å². The van der Waals surface area contributed by atoms with Crippen LogP contribution in [0.1, 0.15) is 11.1 Å². The number of aryl methyl sites for hydroxylation is 1. The lowest BCUT2D eigenvalue weighted by atomic mass is 10.1. The molecule has 160 valence electrons. The number of halogens is 2. The molecule has 3 aromatic rings. The lowest BCUT2D eigenvalue weighted by Crippen LogP contribution is -2.12. The number of hydrogen-bond donors (Lipinski definition) is 3. The third-order valence-corrected chi connectivity index (χ3v) is 4.64. The van der Waals surface area contributed by atoms with Crippen LogP contribution in [0.3, 0.4) is 0 Å². The predicted octanol–water partition coefficient (Wildman–Crippen LogP) is 5.88. The van der Waals surface area contributed by atoms with Crippen LogP contribution < -0.4 is 16.4 Å². The largest absolute Gasteiger partial charge is 0.453 e. The van der Waals surface area contributed by atoms with E-state index in [1.54, 1.807) is 30.3 Å². The molecule has 4 N–H and O–H groups in total. The number of nitrogens with two attached hydrogens (primary N) is 1. The number of hydrogen-bond acceptors (Lipinski definition) is 8. The lowest BCUT2D eigenvalue weighted by Gasteiger charge is -2.12. The van der Waals surface area contributed by atoms with Crippen molar-refractivity contribution in [3.05, 3.63) is 63.8 Å². The first kappa shape index (κ1) is 22.3. The van der Waals surface area contributed by atoms with E-state index in [1.165, 1.54) is 7.11 Å². The lowest BCUT2D eigenvalue weighted by molar-refractivity contribution is 0.187. The van der Waals surface area contributed by atoms with Gasteiger partial charge in [-0.3, -0.25) is 5.32 Å². The zero-order chi connectivity index (χ0) is 22.4. The Hall–Kier alpha value is -3.43. The Kier molecular flexibility index (Phi) is 7.22. The fourth-order valence-electron chi connectivity index (χ4n) is 2.59. The second-order valence-electron chi connectivity index (χ2n) is 6.37. The summed E-state index contributed by atoms with van der Waals surface area (Å²) in [5.74, 6) is 0.344. The normalized spacial score (nSPS) is 10.8. The van der Waals surface area contributed by atoms with E-state index in [-0.39, 0.29) is 16.8 Å². The minimum Gasteiger partial charge on any atom is -0.453 e. The van der Waals surface area contributed by atoms with Crippen LogP contribution in [-0.2, 0) is 11.3 Å². The number of nitrogens with one attached hydrogen (secondary N) is 2. The highest BCUT2D eigenvalue weighted by Crippen LogP contribution is 2.33. The molecule has 0 radical (unpaired) electrons. The number of carbonyl (C=O) groups is 1. The summed E-state index contributed by atoms with van der Waals surface area (Å²) in [6, 6.07) is 12.4. The van der Waals surface area contributed by atoms with Crippen molar-refractivity contribution in [2.75, 3.05) is 23.5 Å². The average molecular weight is 460 g/mol. The number of nitrogens with zero attached hydrogens (tertiary/aromatic N) is 4. The van der Waals surface area contributed by atoms with Gasteiger partial charge in [-0.1, -0.05) is 35.3 Å². The van der Waals surface area contributed by atoms with Crippen molar-refractivity contribution in [1.82, 2.24) is 9.97 Å². The van der Waals surface area contributed by atoms with E-state index in [9.17, 15) is 4.79 Å². The summed E-state index contributed by atoms with van der Waals surface area (Å²) in [4.78, 5) is 19.5. The number of ether oxygens (including phenoxy) is 1. The highest BCUT2D eigenvalue weighted by Gasteiger charge is 2.13. The molecule has 1 heterocycles. The van der Waals surface area contributed by atoms with Crippen molar-refractivity contribution >= 4 is 58.1 Å². The molecule has 0 aliphatic carbocycles. The third kappa shape index (κ3) is 6.03. The molecule has 2 aromatic carbocycles. The molecule has 11 heteroatoms. The molecule has 0 spiro atoms. The molecule has 1 amide bonds. The highest BCUT2D eigenvalue weighted by molar-refractivity contribution is 6.32. The third-order valence-electron chi connectivity index (χ3n) is 4.12. The van der Waals surface area contributed by atoms with E-state index < -0.39 is 6.09 Å². The second-order valence-corrected chi connectivity index (χ2v) is 7.16. The van der Waals surface area contributed by atoms with E-state index in [0.717, 1.165) is 11.1 Å². The quantitative estimate of drug-likeness (QED) is 0.311. The van der Waals surface area contributed by atoms with Crippen molar-refractivity contribution in [2.24, 2.45) is 10.2 Å². The Morgan fingerprint density at radius 1 is 1.13 bits per heavy atom. The van der Waals surface area contributed by atoms with E-state index >= 15 is 0 Å². The fraction of sp³-hybridized carbons (Fsp3) is 0.150. The van der Waals surface area contributed by atoms with Crippen LogP contribution in [0.4, 0.5) is 33.6 Å². The summed E-state index contributed by atoms with van der Waals surface area (Å²) >= 11 is 12.1. The number of nitrogen functional groups attached to an aromatic ring is 1. The minimum atomic E-state index is -0.532. The SMILES string of the molecule is COC(=O)Nc1ccc(CNc2nc(N)nc(Cl)c2/N=N/c2ccc(Cl)cc2)cc1C. The molecular weight excluding hydrogens is 441 g/mol. The number of azo groups is 1. The van der Waals surface area contributed by atoms with Crippen LogP contribution >= 0.6 is 23.2 Å². The average Bonchev–Trinajstić information content (AvgIpc) is 2.74. The maximum absolute atomic E-state index is 11.4. The smallest absolute Gasteiger partial charge is 0.411 e. The number of amides is 1. The first-order valence-electron chi connectivity index (χ1n) is 9.04. The van der Waals surface area contributed by atoms with Crippen LogP contribution in [0.5, 0.6) is 0 Å². The standard InChI is InChI=1S/C20H19Cl2N7O2/c1-11-9-12(3-8-15(11)25-20(30)31-2)10-24-18-16(17(22)26-19(23)27-18)29-28-14-6-4-13(21)5-7-14/h3-9H,10H2,1-2H3,(H,25,30)(H3,23,24,26,27)/b29-28+. The van der Waals surface area contributed by atoms with Gasteiger partial charge in [0.05, 0.1) is 12.8 Å². The monoisotopic (exact) mass is 459 g/mol. The number of methoxy groups -OCH3 is 1. The molecule has 3 rings (SSSR count). The Morgan fingerprint density at radius 2 is 1.87 bits per heavy atom. The molecule has 0 unspecified atom stereocenters. The van der Waals surface area contributed by atoms with Gasteiger partial charge >= 0.3 is 6.09 Å². The second kappa shape index (κ2) is 10.1. The van der Waals surface area contributed by atoms with Crippen molar-refractivity contribution in [3.63, 3.8) is 0 Å². The number of aromatic nitrogens is 2. The Labute approximate surface area is 188 Å². The number of rotatable bonds is 6. The zero-order valence-electron chi connectivity index (χ0n) is 16.7. The van der Waals surface area contributed by atoms with Gasteiger partial charge < -0.3 is 15.8 Å². The molecule has 0 saturated heterocycles. The molecule has 9 nitrogen and oxygen atoms in total. The Morgan fingerprint density at radius 3 is 2.55 bits per heavy atom. The molecule has 1 aromatic heterocycles. The molecule has 0 fully saturated rings. The van der Waals surface area contributed by atoms with Gasteiger partial charge in [-0.15, -0.1) is 5.11 Å². The molecule has 0 saturated carbocycles. The van der Waals surface area contributed by atoms with Gasteiger partial charge in [0.25, 0.3) is 0 Å². The van der Waals surface area contributed by atoms with Crippen molar-refractivity contribution in [3.8, 4) is 0 Å². The van der Waals surface area contributed by atoms with Gasteiger partial charge in [-0.05, 0) is 48.4 Å². The van der Waals surface area contributed by atoms with E-state index in [2.05, 4.69) is 35.6 Å². The summed E-state index contributed by atoms with van der Waals surface area (Å²) < 4.78 is 4.61. The highest BCUT2D eigenvalue weighted by atomic mass is 35.5. The van der Waals surface area contributed by atoms with Gasteiger partial charge in [0.15, 0.2) is 16.7 Å². The first-order chi connectivity index (χ1) is 14.9. The van der Waals surface area contributed by atoms with Crippen LogP contribution in [0.25, 0.3) is 0 Å². The summed E-state index contributed by atoms with van der Waals surface area (Å²) in [5, 5.41) is 14.8. The van der Waals surface area contributed by atoms with Crippen molar-refractivity contribution in [1.29, 1.82) is 0 Å². The molecule has 0 aliphatic rings. The van der Waals surface area contributed by atoms with E-state index in [4.69, 9.17) is 28.9 Å². The molecule has 31 heavy (non-hydrogen) atoms. The van der Waals surface area contributed by atoms with Gasteiger partial charge in [-0.25, -0.2) is 4.79 Å². The van der Waals surface area contributed by atoms with Gasteiger partial charge in [-0.2, -0.15) is 15.1 Å². The van der Waals surface area contributed by atoms with Crippen LogP contribution in [0.2, 0.25) is 10.2 Å². The fourth-order valence-corrected chi connectivity index (χ4v) is 2.93. The van der Waals surface area contributed by atoms with E-state index in [0.29, 0.717) is 28.8 Å². The van der Waals surface area contributed by atoms with Crippen LogP contribution in [0, 0.1) is 6.92 Å². The van der Waals surface area contributed by atoms with Crippen LogP contribution in [-0.4, -0.2) is 23.2 Å². The summed E-state index contributed by atoms with van der Waals surface area (Å²) in [7, 11) is 1.31. The number of anilines is 3. The Bertz CT molecular complexity index is 1120.